The number of rotatable bonds is 9. The van der Waals surface area contributed by atoms with Gasteiger partial charge in [-0.2, -0.15) is 0 Å². The molecule has 1 aromatic rings. The fraction of sp³-hybridized carbons (Fsp3) is 0.667. The summed E-state index contributed by atoms with van der Waals surface area (Å²) >= 11 is 6.37. The molecule has 0 saturated carbocycles. The third-order valence-corrected chi connectivity index (χ3v) is 4.46. The van der Waals surface area contributed by atoms with Crippen LogP contribution in [0, 0.1) is 5.92 Å². The molecule has 4 N–H and O–H groups in total. The van der Waals surface area contributed by atoms with E-state index in [9.17, 15) is 0 Å². The monoisotopic (exact) mass is 326 g/mol. The molecule has 1 aromatic carbocycles. The van der Waals surface area contributed by atoms with Crippen molar-refractivity contribution < 1.29 is 4.74 Å². The second-order valence-electron chi connectivity index (χ2n) is 6.18. The summed E-state index contributed by atoms with van der Waals surface area (Å²) in [6.45, 7) is 10.4. The smallest absolute Gasteiger partial charge is 0.126 e. The van der Waals surface area contributed by atoms with Gasteiger partial charge in [0.2, 0.25) is 0 Å². The predicted octanol–water partition coefficient (Wildman–Crippen LogP) is 4.28. The Kier molecular flexibility index (Phi) is 8.23. The summed E-state index contributed by atoms with van der Waals surface area (Å²) in [5.74, 6) is 2.08. The highest BCUT2D eigenvalue weighted by Crippen LogP contribution is 2.40. The first kappa shape index (κ1) is 19.3. The standard InChI is InChI=1S/C18H31ClN2O/c1-5-14(7-13(10-20)11-21)17-9-15(19)8-16(12(3)4)18(17)22-6-2/h8-9,12-14H,5-7,10-11,20-21H2,1-4H3. The zero-order chi connectivity index (χ0) is 16.7. The summed E-state index contributed by atoms with van der Waals surface area (Å²) in [5, 5.41) is 0.776. The van der Waals surface area contributed by atoms with E-state index in [1.165, 1.54) is 11.1 Å². The second kappa shape index (κ2) is 9.39. The van der Waals surface area contributed by atoms with Crippen molar-refractivity contribution in [1.29, 1.82) is 0 Å². The van der Waals surface area contributed by atoms with Crippen LogP contribution in [-0.2, 0) is 0 Å². The summed E-state index contributed by atoms with van der Waals surface area (Å²) in [7, 11) is 0. The van der Waals surface area contributed by atoms with E-state index in [4.69, 9.17) is 27.8 Å². The fourth-order valence-electron chi connectivity index (χ4n) is 2.88. The Morgan fingerprint density at radius 1 is 1.09 bits per heavy atom. The molecule has 0 heterocycles. The Hall–Kier alpha value is -0.770. The molecule has 0 fully saturated rings. The maximum Gasteiger partial charge on any atom is 0.126 e. The predicted molar refractivity (Wildman–Crippen MR) is 96.0 cm³/mol. The van der Waals surface area contributed by atoms with E-state index < -0.39 is 0 Å². The van der Waals surface area contributed by atoms with Crippen molar-refractivity contribution in [3.05, 3.63) is 28.3 Å². The second-order valence-corrected chi connectivity index (χ2v) is 6.62. The average Bonchev–Trinajstić information content (AvgIpc) is 2.50. The van der Waals surface area contributed by atoms with E-state index in [1.807, 2.05) is 13.0 Å². The molecule has 0 bridgehead atoms. The Balaban J connectivity index is 3.28. The van der Waals surface area contributed by atoms with E-state index >= 15 is 0 Å². The molecule has 3 nitrogen and oxygen atoms in total. The van der Waals surface area contributed by atoms with Crippen molar-refractivity contribution in [3.8, 4) is 5.75 Å². The molecule has 4 heteroatoms. The van der Waals surface area contributed by atoms with Gasteiger partial charge in [-0.3, -0.25) is 0 Å². The first-order valence-electron chi connectivity index (χ1n) is 8.34. The van der Waals surface area contributed by atoms with Crippen molar-refractivity contribution in [1.82, 2.24) is 0 Å². The molecule has 1 unspecified atom stereocenters. The lowest BCUT2D eigenvalue weighted by atomic mass is 9.84. The summed E-state index contributed by atoms with van der Waals surface area (Å²) in [6.07, 6.45) is 2.00. The van der Waals surface area contributed by atoms with E-state index in [0.29, 0.717) is 37.5 Å². The van der Waals surface area contributed by atoms with Crippen LogP contribution < -0.4 is 16.2 Å². The van der Waals surface area contributed by atoms with Crippen molar-refractivity contribution in [2.45, 2.75) is 52.4 Å². The molecule has 0 aliphatic carbocycles. The Morgan fingerprint density at radius 2 is 1.68 bits per heavy atom. The molecule has 126 valence electrons. The van der Waals surface area contributed by atoms with Gasteiger partial charge in [-0.25, -0.2) is 0 Å². The van der Waals surface area contributed by atoms with Gasteiger partial charge in [0.05, 0.1) is 6.61 Å². The van der Waals surface area contributed by atoms with E-state index in [2.05, 4.69) is 26.8 Å². The molecule has 0 saturated heterocycles. The molecular weight excluding hydrogens is 296 g/mol. The molecule has 0 spiro atoms. The largest absolute Gasteiger partial charge is 0.493 e. The Labute approximate surface area is 140 Å². The highest BCUT2D eigenvalue weighted by atomic mass is 35.5. The molecular formula is C18H31ClN2O. The normalized spacial score (nSPS) is 13.0. The zero-order valence-corrected chi connectivity index (χ0v) is 15.1. The van der Waals surface area contributed by atoms with Crippen LogP contribution in [0.1, 0.15) is 63.5 Å². The van der Waals surface area contributed by atoms with Crippen LogP contribution in [0.15, 0.2) is 12.1 Å². The zero-order valence-electron chi connectivity index (χ0n) is 14.4. The molecule has 0 aliphatic rings. The maximum absolute atomic E-state index is 6.37. The molecule has 0 aliphatic heterocycles. The molecule has 1 atom stereocenters. The minimum Gasteiger partial charge on any atom is -0.493 e. The van der Waals surface area contributed by atoms with Gasteiger partial charge in [-0.15, -0.1) is 0 Å². The summed E-state index contributed by atoms with van der Waals surface area (Å²) in [6, 6.07) is 4.08. The van der Waals surface area contributed by atoms with Gasteiger partial charge in [-0.1, -0.05) is 32.4 Å². The van der Waals surface area contributed by atoms with E-state index in [-0.39, 0.29) is 0 Å². The highest BCUT2D eigenvalue weighted by Gasteiger charge is 2.22. The van der Waals surface area contributed by atoms with Crippen molar-refractivity contribution in [3.63, 3.8) is 0 Å². The third-order valence-electron chi connectivity index (χ3n) is 4.24. The number of benzene rings is 1. The third kappa shape index (κ3) is 4.87. The van der Waals surface area contributed by atoms with Crippen molar-refractivity contribution in [2.75, 3.05) is 19.7 Å². The van der Waals surface area contributed by atoms with Crippen LogP contribution in [0.3, 0.4) is 0 Å². The highest BCUT2D eigenvalue weighted by molar-refractivity contribution is 6.30. The van der Waals surface area contributed by atoms with Crippen LogP contribution in [0.4, 0.5) is 0 Å². The first-order chi connectivity index (χ1) is 10.5. The lowest BCUT2D eigenvalue weighted by Crippen LogP contribution is -2.25. The van der Waals surface area contributed by atoms with Crippen LogP contribution in [0.2, 0.25) is 5.02 Å². The lowest BCUT2D eigenvalue weighted by molar-refractivity contribution is 0.324. The number of ether oxygens (including phenoxy) is 1. The van der Waals surface area contributed by atoms with Crippen LogP contribution >= 0.6 is 11.6 Å². The number of nitrogens with two attached hydrogens (primary N) is 2. The Morgan fingerprint density at radius 3 is 2.14 bits per heavy atom. The average molecular weight is 327 g/mol. The number of hydrogen-bond donors (Lipinski definition) is 2. The molecule has 0 aromatic heterocycles. The van der Waals surface area contributed by atoms with Crippen LogP contribution in [0.5, 0.6) is 5.75 Å². The minimum atomic E-state index is 0.334. The van der Waals surface area contributed by atoms with E-state index in [1.54, 1.807) is 0 Å². The topological polar surface area (TPSA) is 61.3 Å². The minimum absolute atomic E-state index is 0.334. The number of halogens is 1. The fourth-order valence-corrected chi connectivity index (χ4v) is 3.12. The van der Waals surface area contributed by atoms with Gasteiger partial charge >= 0.3 is 0 Å². The van der Waals surface area contributed by atoms with Gasteiger partial charge in [0, 0.05) is 5.02 Å². The first-order valence-corrected chi connectivity index (χ1v) is 8.72. The number of hydrogen-bond acceptors (Lipinski definition) is 3. The molecule has 0 radical (unpaired) electrons. The maximum atomic E-state index is 6.37. The van der Waals surface area contributed by atoms with Crippen molar-refractivity contribution >= 4 is 11.6 Å². The van der Waals surface area contributed by atoms with Gasteiger partial charge in [0.1, 0.15) is 5.75 Å². The van der Waals surface area contributed by atoms with Gasteiger partial charge in [0.15, 0.2) is 0 Å². The SMILES string of the molecule is CCOc1c(C(C)C)cc(Cl)cc1C(CC)CC(CN)CN. The quantitative estimate of drug-likeness (QED) is 0.712. The lowest BCUT2D eigenvalue weighted by Gasteiger charge is -2.26. The van der Waals surface area contributed by atoms with Gasteiger partial charge in [-0.05, 0) is 73.9 Å². The summed E-state index contributed by atoms with van der Waals surface area (Å²) in [4.78, 5) is 0. The van der Waals surface area contributed by atoms with Crippen LogP contribution in [0.25, 0.3) is 0 Å². The van der Waals surface area contributed by atoms with E-state index in [0.717, 1.165) is 23.6 Å². The molecule has 0 amide bonds. The summed E-state index contributed by atoms with van der Waals surface area (Å²) < 4.78 is 5.99. The van der Waals surface area contributed by atoms with Gasteiger partial charge < -0.3 is 16.2 Å². The van der Waals surface area contributed by atoms with Crippen molar-refractivity contribution in [2.24, 2.45) is 17.4 Å². The van der Waals surface area contributed by atoms with Gasteiger partial charge in [0.25, 0.3) is 0 Å². The molecule has 22 heavy (non-hydrogen) atoms. The Bertz CT molecular complexity index is 459. The van der Waals surface area contributed by atoms with Crippen LogP contribution in [-0.4, -0.2) is 19.7 Å². The summed E-state index contributed by atoms with van der Waals surface area (Å²) in [5.41, 5.74) is 14.0. The molecule has 1 rings (SSSR count).